The van der Waals surface area contributed by atoms with Gasteiger partial charge in [-0.1, -0.05) is 11.8 Å². The average molecular weight is 315 g/mol. The largest absolute Gasteiger partial charge is 0.417 e. The molecule has 1 aromatic heterocycles. The fourth-order valence-corrected chi connectivity index (χ4v) is 2.23. The number of hydrogen-bond acceptors (Lipinski definition) is 3. The molecule has 0 bridgehead atoms. The fourth-order valence-electron chi connectivity index (χ4n) is 1.47. The van der Waals surface area contributed by atoms with E-state index in [0.29, 0.717) is 6.20 Å². The van der Waals surface area contributed by atoms with E-state index in [9.17, 15) is 17.6 Å². The Kier molecular flexibility index (Phi) is 4.17. The van der Waals surface area contributed by atoms with Crippen molar-refractivity contribution < 1.29 is 17.6 Å². The number of aromatic nitrogens is 1. The number of nitrogens with two attached hydrogens (primary N) is 1. The number of benzene rings is 1. The molecule has 0 aliphatic rings. The Hall–Kier alpha value is -2.09. The minimum atomic E-state index is -4.45. The summed E-state index contributed by atoms with van der Waals surface area (Å²) in [4.78, 5) is 3.84. The Labute approximate surface area is 121 Å². The maximum atomic E-state index is 13.8. The molecular formula is C13H9F4N3S. The van der Waals surface area contributed by atoms with Gasteiger partial charge in [0.15, 0.2) is 0 Å². The lowest BCUT2D eigenvalue weighted by molar-refractivity contribution is -0.137. The fraction of sp³-hybridized carbons (Fsp3) is 0.0769. The Morgan fingerprint density at radius 3 is 2.38 bits per heavy atom. The van der Waals surface area contributed by atoms with Crippen LogP contribution in [0.4, 0.5) is 17.6 Å². The smallest absolute Gasteiger partial charge is 0.384 e. The standard InChI is InChI=1S/C13H9F4N3S/c14-9-5-7(12(18)19)1-3-10(9)21-11-4-2-8(6-20-11)13(15,16)17/h1-6H,(H3,18,19). The zero-order valence-corrected chi connectivity index (χ0v) is 11.2. The summed E-state index contributed by atoms with van der Waals surface area (Å²) in [5.74, 6) is -0.882. The second-order valence-corrected chi connectivity index (χ2v) is 5.11. The maximum absolute atomic E-state index is 13.8. The summed E-state index contributed by atoms with van der Waals surface area (Å²) in [6.07, 6.45) is -3.76. The molecule has 2 aromatic rings. The van der Waals surface area contributed by atoms with Crippen molar-refractivity contribution in [2.24, 2.45) is 5.73 Å². The van der Waals surface area contributed by atoms with Crippen LogP contribution in [-0.2, 0) is 6.18 Å². The third-order valence-corrected chi connectivity index (χ3v) is 3.52. The van der Waals surface area contributed by atoms with Crippen LogP contribution in [0.15, 0.2) is 46.5 Å². The molecule has 2 rings (SSSR count). The van der Waals surface area contributed by atoms with Gasteiger partial charge in [0.2, 0.25) is 0 Å². The number of nitrogens with zero attached hydrogens (tertiary/aromatic N) is 1. The molecule has 0 spiro atoms. The summed E-state index contributed by atoms with van der Waals surface area (Å²) in [5.41, 5.74) is 4.61. The van der Waals surface area contributed by atoms with E-state index in [-0.39, 0.29) is 21.3 Å². The van der Waals surface area contributed by atoms with Crippen LogP contribution in [-0.4, -0.2) is 10.8 Å². The summed E-state index contributed by atoms with van der Waals surface area (Å²) >= 11 is 0.889. The first-order valence-corrected chi connectivity index (χ1v) is 6.44. The van der Waals surface area contributed by atoms with Crippen molar-refractivity contribution in [3.05, 3.63) is 53.5 Å². The number of pyridine rings is 1. The highest BCUT2D eigenvalue weighted by Crippen LogP contribution is 2.32. The quantitative estimate of drug-likeness (QED) is 0.516. The molecule has 3 nitrogen and oxygen atoms in total. The van der Waals surface area contributed by atoms with E-state index in [0.717, 1.165) is 23.9 Å². The van der Waals surface area contributed by atoms with Crippen LogP contribution in [0.1, 0.15) is 11.1 Å². The number of nitrogen functional groups attached to an aromatic ring is 1. The molecule has 0 unspecified atom stereocenters. The van der Waals surface area contributed by atoms with E-state index < -0.39 is 17.6 Å². The van der Waals surface area contributed by atoms with Crippen LogP contribution in [0.5, 0.6) is 0 Å². The number of nitrogens with one attached hydrogen (secondary N) is 1. The van der Waals surface area contributed by atoms with Crippen molar-refractivity contribution in [1.29, 1.82) is 5.41 Å². The molecule has 8 heteroatoms. The molecule has 1 aromatic carbocycles. The number of rotatable bonds is 3. The van der Waals surface area contributed by atoms with Crippen LogP contribution in [0.3, 0.4) is 0 Å². The molecule has 21 heavy (non-hydrogen) atoms. The van der Waals surface area contributed by atoms with E-state index in [4.69, 9.17) is 11.1 Å². The molecule has 0 radical (unpaired) electrons. The van der Waals surface area contributed by atoms with Crippen molar-refractivity contribution in [3.63, 3.8) is 0 Å². The SMILES string of the molecule is N=C(N)c1ccc(Sc2ccc(C(F)(F)F)cn2)c(F)c1. The van der Waals surface area contributed by atoms with Gasteiger partial charge in [-0.3, -0.25) is 5.41 Å². The molecule has 3 N–H and O–H groups in total. The summed E-state index contributed by atoms with van der Waals surface area (Å²) in [7, 11) is 0. The average Bonchev–Trinajstić information content (AvgIpc) is 2.40. The highest BCUT2D eigenvalue weighted by Gasteiger charge is 2.30. The summed E-state index contributed by atoms with van der Waals surface area (Å²) in [6, 6.07) is 6.01. The lowest BCUT2D eigenvalue weighted by atomic mass is 10.2. The van der Waals surface area contributed by atoms with Gasteiger partial charge in [0.05, 0.1) is 5.56 Å². The van der Waals surface area contributed by atoms with Crippen LogP contribution in [0.25, 0.3) is 0 Å². The number of alkyl halides is 3. The van der Waals surface area contributed by atoms with Crippen LogP contribution < -0.4 is 5.73 Å². The lowest BCUT2D eigenvalue weighted by Crippen LogP contribution is -2.11. The first kappa shape index (κ1) is 15.3. The van der Waals surface area contributed by atoms with Crippen molar-refractivity contribution in [2.45, 2.75) is 16.1 Å². The van der Waals surface area contributed by atoms with E-state index in [1.165, 1.54) is 18.2 Å². The number of halogens is 4. The summed E-state index contributed by atoms with van der Waals surface area (Å²) < 4.78 is 51.0. The summed E-state index contributed by atoms with van der Waals surface area (Å²) in [6.45, 7) is 0. The third kappa shape index (κ3) is 3.72. The van der Waals surface area contributed by atoms with E-state index in [2.05, 4.69) is 4.98 Å². The number of amidine groups is 1. The number of hydrogen-bond donors (Lipinski definition) is 2. The third-order valence-electron chi connectivity index (χ3n) is 2.52. The van der Waals surface area contributed by atoms with Gasteiger partial charge in [0.25, 0.3) is 0 Å². The molecule has 110 valence electrons. The second kappa shape index (κ2) is 5.72. The topological polar surface area (TPSA) is 62.8 Å². The van der Waals surface area contributed by atoms with Gasteiger partial charge in [-0.25, -0.2) is 9.37 Å². The Morgan fingerprint density at radius 2 is 1.90 bits per heavy atom. The molecule has 0 saturated heterocycles. The van der Waals surface area contributed by atoms with Gasteiger partial charge in [0, 0.05) is 16.7 Å². The monoisotopic (exact) mass is 315 g/mol. The lowest BCUT2D eigenvalue weighted by Gasteiger charge is -2.07. The van der Waals surface area contributed by atoms with Crippen molar-refractivity contribution in [3.8, 4) is 0 Å². The maximum Gasteiger partial charge on any atom is 0.417 e. The molecule has 0 atom stereocenters. The van der Waals surface area contributed by atoms with Crippen LogP contribution in [0.2, 0.25) is 0 Å². The molecule has 1 heterocycles. The van der Waals surface area contributed by atoms with Gasteiger partial charge < -0.3 is 5.73 Å². The Bertz CT molecular complexity index is 668. The molecule has 0 amide bonds. The zero-order valence-electron chi connectivity index (χ0n) is 10.4. The first-order chi connectivity index (χ1) is 9.77. The highest BCUT2D eigenvalue weighted by atomic mass is 32.2. The van der Waals surface area contributed by atoms with Gasteiger partial charge in [-0.05, 0) is 30.3 Å². The van der Waals surface area contributed by atoms with Gasteiger partial charge in [-0.15, -0.1) is 0 Å². The second-order valence-electron chi connectivity index (χ2n) is 4.04. The molecule has 0 aliphatic carbocycles. The van der Waals surface area contributed by atoms with E-state index in [1.807, 2.05) is 0 Å². The van der Waals surface area contributed by atoms with Crippen LogP contribution in [0, 0.1) is 11.2 Å². The zero-order chi connectivity index (χ0) is 15.6. The molecular weight excluding hydrogens is 306 g/mol. The predicted octanol–water partition coefficient (Wildman–Crippen LogP) is 3.67. The summed E-state index contributed by atoms with van der Waals surface area (Å²) in [5, 5.41) is 7.42. The molecule has 0 saturated carbocycles. The van der Waals surface area contributed by atoms with Crippen molar-refractivity contribution in [2.75, 3.05) is 0 Å². The normalized spacial score (nSPS) is 11.4. The Balaban J connectivity index is 2.20. The molecule has 0 fully saturated rings. The van der Waals surface area contributed by atoms with Gasteiger partial charge in [-0.2, -0.15) is 13.2 Å². The predicted molar refractivity (Wildman–Crippen MR) is 70.8 cm³/mol. The Morgan fingerprint density at radius 1 is 1.19 bits per heavy atom. The minimum absolute atomic E-state index is 0.187. The van der Waals surface area contributed by atoms with E-state index in [1.54, 1.807) is 0 Å². The molecule has 0 aliphatic heterocycles. The van der Waals surface area contributed by atoms with Gasteiger partial charge >= 0.3 is 6.18 Å². The van der Waals surface area contributed by atoms with E-state index >= 15 is 0 Å². The van der Waals surface area contributed by atoms with Crippen LogP contribution >= 0.6 is 11.8 Å². The minimum Gasteiger partial charge on any atom is -0.384 e. The van der Waals surface area contributed by atoms with Crippen molar-refractivity contribution in [1.82, 2.24) is 4.98 Å². The highest BCUT2D eigenvalue weighted by molar-refractivity contribution is 7.99. The van der Waals surface area contributed by atoms with Crippen molar-refractivity contribution >= 4 is 17.6 Å². The van der Waals surface area contributed by atoms with Gasteiger partial charge in [0.1, 0.15) is 16.7 Å². The first-order valence-electron chi connectivity index (χ1n) is 5.62.